The quantitative estimate of drug-likeness (QED) is 0.354. The van der Waals surface area contributed by atoms with Gasteiger partial charge >= 0.3 is 0 Å². The van der Waals surface area contributed by atoms with Crippen molar-refractivity contribution < 1.29 is 0 Å². The highest BCUT2D eigenvalue weighted by Crippen LogP contribution is 2.22. The lowest BCUT2D eigenvalue weighted by Gasteiger charge is -2.14. The van der Waals surface area contributed by atoms with Gasteiger partial charge in [0.2, 0.25) is 0 Å². The van der Waals surface area contributed by atoms with Crippen LogP contribution in [0.3, 0.4) is 0 Å². The fourth-order valence-electron chi connectivity index (χ4n) is 2.35. The minimum Gasteiger partial charge on any atom is -0.126 e. The number of rotatable bonds is 5. The van der Waals surface area contributed by atoms with Gasteiger partial charge in [-0.3, -0.25) is 0 Å². The van der Waals surface area contributed by atoms with Gasteiger partial charge in [-0.05, 0) is 66.2 Å². The van der Waals surface area contributed by atoms with E-state index in [2.05, 4.69) is 74.7 Å². The van der Waals surface area contributed by atoms with Crippen LogP contribution in [-0.2, 0) is 6.42 Å². The molecular formula is C23H26SSi. The van der Waals surface area contributed by atoms with Crippen molar-refractivity contribution in [3.8, 4) is 24.2 Å². The van der Waals surface area contributed by atoms with E-state index in [0.29, 0.717) is 0 Å². The molecule has 0 radical (unpaired) electrons. The number of thioether (sulfide) groups is 1. The van der Waals surface area contributed by atoms with E-state index in [9.17, 15) is 0 Å². The van der Waals surface area contributed by atoms with Crippen LogP contribution in [0, 0.1) is 24.2 Å². The molecule has 0 saturated heterocycles. The van der Waals surface area contributed by atoms with Crippen molar-refractivity contribution >= 4 is 19.8 Å². The predicted molar refractivity (Wildman–Crippen MR) is 115 cm³/mol. The predicted octanol–water partition coefficient (Wildman–Crippen LogP) is 6.06. The van der Waals surface area contributed by atoms with Crippen LogP contribution in [0.2, 0.25) is 25.7 Å². The molecule has 0 amide bonds. The summed E-state index contributed by atoms with van der Waals surface area (Å²) in [7, 11) is -0.944. The molecule has 0 spiro atoms. The van der Waals surface area contributed by atoms with Gasteiger partial charge in [0.05, 0.1) is 0 Å². The van der Waals surface area contributed by atoms with E-state index in [-0.39, 0.29) is 0 Å². The number of hydrogen-bond acceptors (Lipinski definition) is 1. The third-order valence-electron chi connectivity index (χ3n) is 3.97. The second-order valence-electron chi connectivity index (χ2n) is 7.30. The molecule has 2 aromatic rings. The summed E-state index contributed by atoms with van der Waals surface area (Å²) < 4.78 is 0. The van der Waals surface area contributed by atoms with E-state index >= 15 is 0 Å². The molecule has 0 saturated carbocycles. The Balaban J connectivity index is 2.05. The summed E-state index contributed by atoms with van der Waals surface area (Å²) in [4.78, 5) is 1.33. The Morgan fingerprint density at radius 3 is 2.24 bits per heavy atom. The maximum Gasteiger partial charge on any atom is 0.0450 e. The highest BCUT2D eigenvalue weighted by atomic mass is 32.2. The van der Waals surface area contributed by atoms with Crippen LogP contribution in [0.15, 0.2) is 47.4 Å². The summed E-state index contributed by atoms with van der Waals surface area (Å²) in [6.45, 7) is 9.40. The Hall–Kier alpha value is -1.87. The van der Waals surface area contributed by atoms with Gasteiger partial charge in [-0.25, -0.2) is 0 Å². The molecule has 0 N–H and O–H groups in total. The first-order valence-corrected chi connectivity index (χ1v) is 13.4. The van der Waals surface area contributed by atoms with Crippen molar-refractivity contribution in [2.24, 2.45) is 0 Å². The van der Waals surface area contributed by atoms with E-state index in [0.717, 1.165) is 23.1 Å². The lowest BCUT2D eigenvalue weighted by Crippen LogP contribution is -2.19. The van der Waals surface area contributed by atoms with Gasteiger partial charge in [-0.15, -0.1) is 18.2 Å². The fourth-order valence-corrected chi connectivity index (χ4v) is 5.77. The first-order valence-electron chi connectivity index (χ1n) is 8.76. The molecule has 0 aliphatic carbocycles. The minimum absolute atomic E-state index is 0.919. The number of benzene rings is 2. The van der Waals surface area contributed by atoms with Crippen LogP contribution in [-0.4, -0.2) is 13.8 Å². The number of terminal acetylenes is 1. The second-order valence-corrected chi connectivity index (χ2v) is 14.1. The molecule has 0 aliphatic rings. The smallest absolute Gasteiger partial charge is 0.0450 e. The van der Waals surface area contributed by atoms with E-state index in [4.69, 9.17) is 6.42 Å². The Bertz CT molecular complexity index is 808. The number of hydrogen-bond donors (Lipinski definition) is 0. The van der Waals surface area contributed by atoms with Crippen LogP contribution in [0.1, 0.15) is 29.2 Å². The van der Waals surface area contributed by atoms with Gasteiger partial charge in [-0.2, -0.15) is 0 Å². The SMILES string of the molecule is C#Cc1ccc(C#Cc2ccc(SCC[Si](C)(C)C)cc2)c(CC)c1. The van der Waals surface area contributed by atoms with Gasteiger partial charge in [-0.1, -0.05) is 44.3 Å². The van der Waals surface area contributed by atoms with Gasteiger partial charge in [0.25, 0.3) is 0 Å². The van der Waals surface area contributed by atoms with Gasteiger partial charge in [0.15, 0.2) is 0 Å². The maximum absolute atomic E-state index is 5.48. The van der Waals surface area contributed by atoms with Gasteiger partial charge in [0, 0.05) is 29.7 Å². The van der Waals surface area contributed by atoms with Crippen molar-refractivity contribution in [3.63, 3.8) is 0 Å². The molecule has 2 rings (SSSR count). The molecule has 0 fully saturated rings. The molecule has 0 aromatic heterocycles. The zero-order valence-corrected chi connectivity index (χ0v) is 17.5. The van der Waals surface area contributed by atoms with Crippen LogP contribution >= 0.6 is 11.8 Å². The van der Waals surface area contributed by atoms with Crippen LogP contribution < -0.4 is 0 Å². The van der Waals surface area contributed by atoms with E-state index in [1.807, 2.05) is 23.9 Å². The van der Waals surface area contributed by atoms with Crippen molar-refractivity contribution in [3.05, 3.63) is 64.7 Å². The van der Waals surface area contributed by atoms with E-state index in [1.165, 1.54) is 22.3 Å². The summed E-state index contributed by atoms with van der Waals surface area (Å²) in [5, 5.41) is 0. The standard InChI is InChI=1S/C23H26SSi/c1-6-19-8-12-22(21(7-2)18-19)13-9-20-10-14-23(15-11-20)24-16-17-25(3,4)5/h1,8,10-12,14-15,18H,7,16-17H2,2-5H3. The van der Waals surface area contributed by atoms with E-state index in [1.54, 1.807) is 0 Å². The highest BCUT2D eigenvalue weighted by Gasteiger charge is 2.12. The van der Waals surface area contributed by atoms with Crippen molar-refractivity contribution in [2.75, 3.05) is 5.75 Å². The Kier molecular flexibility index (Phi) is 7.00. The maximum atomic E-state index is 5.48. The molecule has 0 unspecified atom stereocenters. The van der Waals surface area contributed by atoms with Crippen LogP contribution in [0.4, 0.5) is 0 Å². The first-order chi connectivity index (χ1) is 11.9. The first kappa shape index (κ1) is 19.5. The molecule has 0 bridgehead atoms. The zero-order chi connectivity index (χ0) is 18.3. The topological polar surface area (TPSA) is 0 Å². The molecule has 128 valence electrons. The fraction of sp³-hybridized carbons (Fsp3) is 0.304. The third kappa shape index (κ3) is 6.50. The summed E-state index contributed by atoms with van der Waals surface area (Å²) in [5.41, 5.74) is 4.25. The van der Waals surface area contributed by atoms with Crippen LogP contribution in [0.5, 0.6) is 0 Å². The Morgan fingerprint density at radius 1 is 0.960 bits per heavy atom. The third-order valence-corrected chi connectivity index (χ3v) is 7.10. The highest BCUT2D eigenvalue weighted by molar-refractivity contribution is 7.99. The lowest BCUT2D eigenvalue weighted by atomic mass is 10.0. The average Bonchev–Trinajstić information content (AvgIpc) is 2.59. The van der Waals surface area contributed by atoms with Gasteiger partial charge < -0.3 is 0 Å². The van der Waals surface area contributed by atoms with Gasteiger partial charge in [0.1, 0.15) is 0 Å². The molecule has 0 aliphatic heterocycles. The molecule has 2 heteroatoms. The van der Waals surface area contributed by atoms with Crippen molar-refractivity contribution in [1.29, 1.82) is 0 Å². The van der Waals surface area contributed by atoms with Crippen molar-refractivity contribution in [2.45, 2.75) is 43.9 Å². The average molecular weight is 363 g/mol. The lowest BCUT2D eigenvalue weighted by molar-refractivity contribution is 1.13. The second kappa shape index (κ2) is 9.00. The summed E-state index contributed by atoms with van der Waals surface area (Å²) in [5.74, 6) is 10.5. The summed E-state index contributed by atoms with van der Waals surface area (Å²) in [6, 6.07) is 16.0. The summed E-state index contributed by atoms with van der Waals surface area (Å²) >= 11 is 1.95. The summed E-state index contributed by atoms with van der Waals surface area (Å²) in [6.07, 6.45) is 6.41. The molecule has 25 heavy (non-hydrogen) atoms. The largest absolute Gasteiger partial charge is 0.126 e. The van der Waals surface area contributed by atoms with E-state index < -0.39 is 8.07 Å². The van der Waals surface area contributed by atoms with Crippen LogP contribution in [0.25, 0.3) is 0 Å². The normalized spacial score (nSPS) is 10.7. The molecule has 0 heterocycles. The molecule has 0 atom stereocenters. The number of aryl methyl sites for hydroxylation is 1. The van der Waals surface area contributed by atoms with Crippen molar-refractivity contribution in [1.82, 2.24) is 0 Å². The Labute approximate surface area is 158 Å². The zero-order valence-electron chi connectivity index (χ0n) is 15.6. The molecule has 0 nitrogen and oxygen atoms in total. The Morgan fingerprint density at radius 2 is 1.64 bits per heavy atom. The monoisotopic (exact) mass is 362 g/mol. The molecular weight excluding hydrogens is 336 g/mol. The molecule has 2 aromatic carbocycles. The minimum atomic E-state index is -0.944.